The van der Waals surface area contributed by atoms with Crippen LogP contribution in [0.4, 0.5) is 51.2 Å². The molecular formula is C90H70BN3S2. The van der Waals surface area contributed by atoms with Gasteiger partial charge in [0.2, 0.25) is 0 Å². The Bertz CT molecular complexity index is 5270. The quantitative estimate of drug-likeness (QED) is 0.158. The van der Waals surface area contributed by atoms with Gasteiger partial charge < -0.3 is 14.7 Å². The van der Waals surface area contributed by atoms with Crippen molar-refractivity contribution in [1.29, 1.82) is 0 Å². The predicted octanol–water partition coefficient (Wildman–Crippen LogP) is 22.1. The number of hydrogen-bond donors (Lipinski definition) is 0. The molecule has 3 nitrogen and oxygen atoms in total. The maximum Gasteiger partial charge on any atom is 0.252 e. The van der Waals surface area contributed by atoms with Crippen LogP contribution in [0.15, 0.2) is 299 Å². The molecule has 0 aromatic heterocycles. The zero-order valence-electron chi connectivity index (χ0n) is 55.3. The van der Waals surface area contributed by atoms with Crippen molar-refractivity contribution in [2.75, 3.05) is 14.7 Å². The van der Waals surface area contributed by atoms with E-state index in [1.54, 1.807) is 0 Å². The summed E-state index contributed by atoms with van der Waals surface area (Å²) in [6, 6.07) is 109. The summed E-state index contributed by atoms with van der Waals surface area (Å²) in [6.45, 7) is 18.1. The summed E-state index contributed by atoms with van der Waals surface area (Å²) in [7, 11) is 0. The molecule has 0 fully saturated rings. The van der Waals surface area contributed by atoms with Crippen molar-refractivity contribution in [2.45, 2.75) is 96.6 Å². The Morgan fingerprint density at radius 1 is 0.333 bits per heavy atom. The van der Waals surface area contributed by atoms with Gasteiger partial charge >= 0.3 is 0 Å². The van der Waals surface area contributed by atoms with Gasteiger partial charge in [0.05, 0.1) is 16.5 Å². The van der Waals surface area contributed by atoms with Gasteiger partial charge in [-0.2, -0.15) is 0 Å². The normalized spacial score (nSPS) is 14.9. The summed E-state index contributed by atoms with van der Waals surface area (Å²) in [5.74, 6) is 0. The third kappa shape index (κ3) is 7.94. The first kappa shape index (κ1) is 57.5. The van der Waals surface area contributed by atoms with Crippen molar-refractivity contribution in [3.8, 4) is 22.3 Å². The Hall–Kier alpha value is -9.98. The first-order valence-electron chi connectivity index (χ1n) is 33.9. The van der Waals surface area contributed by atoms with Crippen LogP contribution in [0.1, 0.15) is 108 Å². The minimum Gasteiger partial charge on any atom is -0.311 e. The summed E-state index contributed by atoms with van der Waals surface area (Å²) >= 11 is 3.81. The molecule has 0 amide bonds. The van der Waals surface area contributed by atoms with E-state index in [1.807, 2.05) is 23.5 Å². The SMILES string of the molecule is Cc1ccc(N2c3cc(N(c4ccc(C(C)(C)C)cc4)c4ccc(C(C)(C)C)cc4)ccc3B3c4ccc5c(c4N(c4ccc(C)cc4)c4c3c2cc2c4-c3ccccc3C23c2ccccc2Sc2ccccc23)-c2ccccc2C52c3ccccc3Sc3ccccc32)cc1. The maximum atomic E-state index is 2.77. The Morgan fingerprint density at radius 3 is 1.20 bits per heavy atom. The third-order valence-corrected chi connectivity index (χ3v) is 24.1. The molecule has 6 aliphatic rings. The highest BCUT2D eigenvalue weighted by Gasteiger charge is 2.57. The number of nitrogens with zero attached hydrogens (tertiary/aromatic N) is 3. The summed E-state index contributed by atoms with van der Waals surface area (Å²) in [6.07, 6.45) is 0. The van der Waals surface area contributed by atoms with Crippen molar-refractivity contribution in [2.24, 2.45) is 0 Å². The standard InChI is InChI=1S/C90H70BN3S2/c1-55-33-41-61(42-34-55)93-76-53-63(92(59-45-37-57(38-46-59)87(3,4)5)60-47-39-58(40-48-60)88(6,7)8)49-51-74(76)91-75-52-50-72-82(64-21-9-11-23-66(64)89(72)68-25-13-17-29-78(68)95-79-30-18-14-26-69(79)89)85(75)94(62-43-35-56(2)36-44-62)86-83-65-22-10-12-24-67(65)90(73(83)54-77(93)84(86)91)70-27-15-19-31-80(70)96-81-32-20-16-28-71(81)90/h9-54H,1-8H3. The Morgan fingerprint density at radius 2 is 0.729 bits per heavy atom. The molecule has 0 saturated carbocycles. The Kier molecular flexibility index (Phi) is 12.4. The molecule has 0 unspecified atom stereocenters. The third-order valence-electron chi connectivity index (χ3n) is 21.8. The average Bonchev–Trinajstić information content (AvgIpc) is 1.42. The predicted molar refractivity (Wildman–Crippen MR) is 405 cm³/mol. The molecule has 0 N–H and O–H groups in total. The van der Waals surface area contributed by atoms with Gasteiger partial charge in [0.15, 0.2) is 0 Å². The van der Waals surface area contributed by atoms with Crippen molar-refractivity contribution >= 4 is 97.8 Å². The molecule has 13 aromatic carbocycles. The number of rotatable bonds is 5. The molecule has 0 radical (unpaired) electrons. The van der Waals surface area contributed by atoms with Crippen LogP contribution in [0.3, 0.4) is 0 Å². The minimum atomic E-state index is -0.691. The maximum absolute atomic E-state index is 2.77. The molecular weight excluding hydrogens is 1200 g/mol. The van der Waals surface area contributed by atoms with E-state index in [0.29, 0.717) is 0 Å². The monoisotopic (exact) mass is 1270 g/mol. The first-order valence-corrected chi connectivity index (χ1v) is 35.6. The van der Waals surface area contributed by atoms with Crippen LogP contribution in [0.25, 0.3) is 22.3 Å². The molecule has 460 valence electrons. The van der Waals surface area contributed by atoms with Gasteiger partial charge in [-0.15, -0.1) is 0 Å². The second-order valence-electron chi connectivity index (χ2n) is 29.2. The molecule has 6 heteroatoms. The molecule has 2 aliphatic carbocycles. The van der Waals surface area contributed by atoms with Gasteiger partial charge in [-0.3, -0.25) is 0 Å². The van der Waals surface area contributed by atoms with Crippen LogP contribution >= 0.6 is 23.5 Å². The number of fused-ring (bicyclic) bond motifs is 24. The van der Waals surface area contributed by atoms with Crippen molar-refractivity contribution < 1.29 is 0 Å². The van der Waals surface area contributed by atoms with Crippen LogP contribution < -0.4 is 31.1 Å². The van der Waals surface area contributed by atoms with Crippen molar-refractivity contribution in [3.63, 3.8) is 0 Å². The zero-order chi connectivity index (χ0) is 64.7. The van der Waals surface area contributed by atoms with E-state index in [0.717, 1.165) is 34.1 Å². The molecule has 4 heterocycles. The second kappa shape index (κ2) is 20.8. The van der Waals surface area contributed by atoms with Crippen LogP contribution in [0.5, 0.6) is 0 Å². The van der Waals surface area contributed by atoms with E-state index >= 15 is 0 Å². The van der Waals surface area contributed by atoms with Crippen LogP contribution in [-0.4, -0.2) is 6.71 Å². The van der Waals surface area contributed by atoms with E-state index < -0.39 is 10.8 Å². The molecule has 96 heavy (non-hydrogen) atoms. The fourth-order valence-corrected chi connectivity index (χ4v) is 19.9. The van der Waals surface area contributed by atoms with E-state index in [-0.39, 0.29) is 17.5 Å². The lowest BCUT2D eigenvalue weighted by molar-refractivity contribution is 0.590. The van der Waals surface area contributed by atoms with Gasteiger partial charge in [-0.1, -0.05) is 264 Å². The van der Waals surface area contributed by atoms with Crippen molar-refractivity contribution in [3.05, 3.63) is 346 Å². The lowest BCUT2D eigenvalue weighted by Gasteiger charge is -2.47. The fraction of sp³-hybridized carbons (Fsp3) is 0.133. The van der Waals surface area contributed by atoms with Gasteiger partial charge in [-0.25, -0.2) is 0 Å². The van der Waals surface area contributed by atoms with Crippen LogP contribution in [0, 0.1) is 13.8 Å². The molecule has 13 aromatic rings. The number of aryl methyl sites for hydroxylation is 2. The highest BCUT2D eigenvalue weighted by molar-refractivity contribution is 7.99. The Labute approximate surface area is 573 Å². The van der Waals surface area contributed by atoms with Gasteiger partial charge in [0.25, 0.3) is 6.71 Å². The fourth-order valence-electron chi connectivity index (χ4n) is 17.5. The van der Waals surface area contributed by atoms with E-state index in [1.165, 1.54) is 142 Å². The number of benzene rings is 13. The lowest BCUT2D eigenvalue weighted by atomic mass is 9.33. The number of anilines is 9. The molecule has 4 aliphatic heterocycles. The number of hydrogen-bond acceptors (Lipinski definition) is 5. The highest BCUT2D eigenvalue weighted by atomic mass is 32.2. The van der Waals surface area contributed by atoms with Gasteiger partial charge in [0.1, 0.15) is 0 Å². The summed E-state index contributed by atoms with van der Waals surface area (Å²) in [5.41, 5.74) is 33.6. The topological polar surface area (TPSA) is 9.72 Å². The Balaban J connectivity index is 0.986. The molecule has 19 rings (SSSR count). The van der Waals surface area contributed by atoms with Crippen LogP contribution in [-0.2, 0) is 21.7 Å². The smallest absolute Gasteiger partial charge is 0.252 e. The largest absolute Gasteiger partial charge is 0.311 e. The lowest BCUT2D eigenvalue weighted by Crippen LogP contribution is -2.61. The van der Waals surface area contributed by atoms with Crippen LogP contribution in [0.2, 0.25) is 0 Å². The van der Waals surface area contributed by atoms with Crippen molar-refractivity contribution in [1.82, 2.24) is 0 Å². The molecule has 0 saturated heterocycles. The van der Waals surface area contributed by atoms with E-state index in [2.05, 4.69) is 349 Å². The van der Waals surface area contributed by atoms with Gasteiger partial charge in [0, 0.05) is 76.2 Å². The first-order chi connectivity index (χ1) is 46.7. The summed E-state index contributed by atoms with van der Waals surface area (Å²) in [5, 5.41) is 0. The minimum absolute atomic E-state index is 0.0103. The van der Waals surface area contributed by atoms with Gasteiger partial charge in [-0.05, 0) is 199 Å². The zero-order valence-corrected chi connectivity index (χ0v) is 56.9. The highest BCUT2D eigenvalue weighted by Crippen LogP contribution is 2.68. The average molecular weight is 1270 g/mol. The van der Waals surface area contributed by atoms with E-state index in [4.69, 9.17) is 0 Å². The summed E-state index contributed by atoms with van der Waals surface area (Å²) in [4.78, 5) is 13.1. The molecule has 0 atom stereocenters. The summed E-state index contributed by atoms with van der Waals surface area (Å²) < 4.78 is 0. The molecule has 2 spiro atoms. The molecule has 0 bridgehead atoms. The van der Waals surface area contributed by atoms with E-state index in [9.17, 15) is 0 Å². The second-order valence-corrected chi connectivity index (χ2v) is 31.4.